The fraction of sp³-hybridized carbons (Fsp3) is 0.968. The molecule has 0 saturated carbocycles. The Kier molecular flexibility index (Phi) is 19.9. The van der Waals surface area contributed by atoms with Crippen molar-refractivity contribution in [2.24, 2.45) is 0 Å². The molecule has 1 fully saturated rings. The van der Waals surface area contributed by atoms with Gasteiger partial charge in [0, 0.05) is 12.5 Å². The molecule has 35 heavy (non-hydrogen) atoms. The number of amides is 1. The molecule has 2 atom stereocenters. The van der Waals surface area contributed by atoms with Crippen molar-refractivity contribution in [1.82, 2.24) is 5.32 Å². The Morgan fingerprint density at radius 1 is 0.743 bits per heavy atom. The Balaban J connectivity index is 2.19. The van der Waals surface area contributed by atoms with Crippen molar-refractivity contribution in [2.45, 2.75) is 187 Å². The van der Waals surface area contributed by atoms with Crippen LogP contribution in [-0.2, 0) is 14.3 Å². The van der Waals surface area contributed by atoms with E-state index in [-0.39, 0.29) is 18.1 Å². The van der Waals surface area contributed by atoms with Crippen LogP contribution >= 0.6 is 0 Å². The number of unbranched alkanes of at least 4 members (excludes halogenated alkanes) is 16. The summed E-state index contributed by atoms with van der Waals surface area (Å²) in [6.45, 7) is 9.18. The van der Waals surface area contributed by atoms with Crippen molar-refractivity contribution >= 4 is 5.91 Å². The van der Waals surface area contributed by atoms with Crippen molar-refractivity contribution in [3.05, 3.63) is 0 Å². The number of carbonyl (C=O) groups is 1. The first kappa shape index (κ1) is 32.4. The lowest BCUT2D eigenvalue weighted by Gasteiger charge is -2.21. The average molecular weight is 496 g/mol. The first-order chi connectivity index (χ1) is 17.0. The number of ether oxygens (including phenoxy) is 2. The van der Waals surface area contributed by atoms with E-state index in [9.17, 15) is 4.79 Å². The van der Waals surface area contributed by atoms with Crippen LogP contribution in [0, 0.1) is 0 Å². The summed E-state index contributed by atoms with van der Waals surface area (Å²) in [5.41, 5.74) is 0. The third kappa shape index (κ3) is 19.2. The van der Waals surface area contributed by atoms with Crippen LogP contribution < -0.4 is 5.32 Å². The largest absolute Gasteiger partial charge is 0.353 e. The van der Waals surface area contributed by atoms with Crippen LogP contribution in [0.4, 0.5) is 0 Å². The molecule has 0 spiro atoms. The fourth-order valence-electron chi connectivity index (χ4n) is 5.18. The van der Waals surface area contributed by atoms with Crippen LogP contribution in [0.5, 0.6) is 0 Å². The minimum Gasteiger partial charge on any atom is -0.353 e. The van der Waals surface area contributed by atoms with Gasteiger partial charge in [-0.2, -0.15) is 0 Å². The van der Waals surface area contributed by atoms with E-state index in [1.165, 1.54) is 109 Å². The van der Waals surface area contributed by atoms with Crippen LogP contribution in [0.15, 0.2) is 0 Å². The first-order valence-electron chi connectivity index (χ1n) is 15.6. The molecule has 4 heteroatoms. The Bertz CT molecular complexity index is 494. The molecule has 208 valence electrons. The maximum absolute atomic E-state index is 12.7. The molecule has 0 aromatic carbocycles. The normalized spacial score (nSPS) is 18.1. The summed E-state index contributed by atoms with van der Waals surface area (Å²) in [5.74, 6) is -0.213. The van der Waals surface area contributed by atoms with Crippen LogP contribution in [0.2, 0.25) is 0 Å². The van der Waals surface area contributed by atoms with Crippen LogP contribution in [0.1, 0.15) is 169 Å². The molecule has 1 aliphatic rings. The summed E-state index contributed by atoms with van der Waals surface area (Å²) in [6.07, 6.45) is 27.6. The van der Waals surface area contributed by atoms with E-state index >= 15 is 0 Å². The summed E-state index contributed by atoms with van der Waals surface area (Å²) in [4.78, 5) is 12.7. The maximum Gasteiger partial charge on any atom is 0.220 e. The minimum atomic E-state index is -0.461. The Labute approximate surface area is 219 Å². The zero-order chi connectivity index (χ0) is 25.6. The molecule has 1 aliphatic heterocycles. The van der Waals surface area contributed by atoms with Crippen LogP contribution in [0.25, 0.3) is 0 Å². The van der Waals surface area contributed by atoms with Gasteiger partial charge in [0.2, 0.25) is 5.91 Å². The van der Waals surface area contributed by atoms with E-state index in [1.54, 1.807) is 0 Å². The Morgan fingerprint density at radius 2 is 1.23 bits per heavy atom. The van der Waals surface area contributed by atoms with E-state index in [4.69, 9.17) is 9.47 Å². The molecule has 0 aromatic heterocycles. The van der Waals surface area contributed by atoms with Crippen LogP contribution in [-0.4, -0.2) is 30.4 Å². The first-order valence-corrected chi connectivity index (χ1v) is 15.6. The minimum absolute atomic E-state index is 0.157. The van der Waals surface area contributed by atoms with Gasteiger partial charge in [0.1, 0.15) is 0 Å². The quantitative estimate of drug-likeness (QED) is 0.136. The zero-order valence-electron chi connectivity index (χ0n) is 24.1. The number of hydrogen-bond donors (Lipinski definition) is 1. The smallest absolute Gasteiger partial charge is 0.220 e. The third-order valence-electron chi connectivity index (χ3n) is 7.43. The molecule has 1 rings (SSSR count). The molecule has 0 aliphatic carbocycles. The van der Waals surface area contributed by atoms with E-state index in [2.05, 4.69) is 19.2 Å². The van der Waals surface area contributed by atoms with Crippen molar-refractivity contribution in [1.29, 1.82) is 0 Å². The van der Waals surface area contributed by atoms with E-state index in [1.807, 2.05) is 13.8 Å². The summed E-state index contributed by atoms with van der Waals surface area (Å²) < 4.78 is 11.7. The monoisotopic (exact) mass is 495 g/mol. The second-order valence-corrected chi connectivity index (χ2v) is 11.5. The predicted molar refractivity (Wildman–Crippen MR) is 150 cm³/mol. The molecule has 1 heterocycles. The third-order valence-corrected chi connectivity index (χ3v) is 7.43. The number of hydrogen-bond acceptors (Lipinski definition) is 3. The topological polar surface area (TPSA) is 47.6 Å². The van der Waals surface area contributed by atoms with Gasteiger partial charge in [0.05, 0.1) is 12.7 Å². The molecule has 1 saturated heterocycles. The lowest BCUT2D eigenvalue weighted by atomic mass is 10.00. The SMILES string of the molecule is CCCCCCCCCCCCCC(=O)NC(CCCCCCCCC)CC[C@H]1COC(C)(C)O1. The molecule has 0 aromatic rings. The van der Waals surface area contributed by atoms with E-state index < -0.39 is 5.79 Å². The molecule has 1 amide bonds. The predicted octanol–water partition coefficient (Wildman–Crippen LogP) is 9.24. The Hall–Kier alpha value is -0.610. The van der Waals surface area contributed by atoms with Gasteiger partial charge in [-0.3, -0.25) is 4.79 Å². The van der Waals surface area contributed by atoms with Crippen molar-refractivity contribution < 1.29 is 14.3 Å². The maximum atomic E-state index is 12.7. The standard InChI is InChI=1S/C31H61NO3/c1-5-7-9-11-13-14-15-16-18-20-22-24-30(33)32-28(23-21-19-17-12-10-8-6-2)25-26-29-27-34-31(3,4)35-29/h28-29H,5-27H2,1-4H3,(H,32,33)/t28?,29-/m0/s1. The summed E-state index contributed by atoms with van der Waals surface area (Å²) in [7, 11) is 0. The van der Waals surface area contributed by atoms with Crippen molar-refractivity contribution in [2.75, 3.05) is 6.61 Å². The highest BCUT2D eigenvalue weighted by Gasteiger charge is 2.32. The van der Waals surface area contributed by atoms with E-state index in [0.717, 1.165) is 25.7 Å². The van der Waals surface area contributed by atoms with E-state index in [0.29, 0.717) is 13.0 Å². The molecule has 4 nitrogen and oxygen atoms in total. The van der Waals surface area contributed by atoms with Gasteiger partial charge in [-0.25, -0.2) is 0 Å². The lowest BCUT2D eigenvalue weighted by Crippen LogP contribution is -2.35. The summed E-state index contributed by atoms with van der Waals surface area (Å²) in [6, 6.07) is 0.276. The highest BCUT2D eigenvalue weighted by Crippen LogP contribution is 2.26. The molecule has 1 N–H and O–H groups in total. The van der Waals surface area contributed by atoms with Gasteiger partial charge in [0.25, 0.3) is 0 Å². The second-order valence-electron chi connectivity index (χ2n) is 11.5. The molecular formula is C31H61NO3. The van der Waals surface area contributed by atoms with Gasteiger partial charge < -0.3 is 14.8 Å². The van der Waals surface area contributed by atoms with Crippen molar-refractivity contribution in [3.8, 4) is 0 Å². The number of nitrogens with one attached hydrogen (secondary N) is 1. The molecule has 0 bridgehead atoms. The van der Waals surface area contributed by atoms with Gasteiger partial charge in [-0.15, -0.1) is 0 Å². The summed E-state index contributed by atoms with van der Waals surface area (Å²) in [5, 5.41) is 3.37. The van der Waals surface area contributed by atoms with Gasteiger partial charge in [-0.05, 0) is 39.5 Å². The van der Waals surface area contributed by atoms with Crippen LogP contribution in [0.3, 0.4) is 0 Å². The summed E-state index contributed by atoms with van der Waals surface area (Å²) >= 11 is 0. The lowest BCUT2D eigenvalue weighted by molar-refractivity contribution is -0.139. The van der Waals surface area contributed by atoms with Gasteiger partial charge in [0.15, 0.2) is 5.79 Å². The molecule has 1 unspecified atom stereocenters. The molecular weight excluding hydrogens is 434 g/mol. The second kappa shape index (κ2) is 21.5. The number of carbonyl (C=O) groups excluding carboxylic acids is 1. The van der Waals surface area contributed by atoms with Gasteiger partial charge in [-0.1, -0.05) is 123 Å². The Morgan fingerprint density at radius 3 is 1.71 bits per heavy atom. The molecule has 0 radical (unpaired) electrons. The highest BCUT2D eigenvalue weighted by molar-refractivity contribution is 5.76. The fourth-order valence-corrected chi connectivity index (χ4v) is 5.18. The van der Waals surface area contributed by atoms with Gasteiger partial charge >= 0.3 is 0 Å². The zero-order valence-corrected chi connectivity index (χ0v) is 24.1. The van der Waals surface area contributed by atoms with Crippen molar-refractivity contribution in [3.63, 3.8) is 0 Å². The average Bonchev–Trinajstić information content (AvgIpc) is 3.18. The number of rotatable bonds is 24. The highest BCUT2D eigenvalue weighted by atomic mass is 16.7.